The number of likely N-dealkylation sites (tertiary alicyclic amines) is 1. The minimum atomic E-state index is -3.37. The topological polar surface area (TPSA) is 75.7 Å². The number of carbonyl (C=O) groups excluding carboxylic acids is 1. The molecule has 1 heterocycles. The molecule has 1 aliphatic heterocycles. The lowest BCUT2D eigenvalue weighted by molar-refractivity contribution is 0.0775. The number of amides is 1. The van der Waals surface area contributed by atoms with Gasteiger partial charge in [0.2, 0.25) is 10.0 Å². The van der Waals surface area contributed by atoms with E-state index in [0.717, 1.165) is 17.4 Å². The monoisotopic (exact) mass is 354 g/mol. The third-order valence-electron chi connectivity index (χ3n) is 4.30. The summed E-state index contributed by atoms with van der Waals surface area (Å²) in [4.78, 5) is 14.5. The van der Waals surface area contributed by atoms with Crippen LogP contribution < -0.4 is 4.72 Å². The minimum Gasteiger partial charge on any atom is -0.385 e. The summed E-state index contributed by atoms with van der Waals surface area (Å²) in [6.45, 7) is 5.24. The maximum absolute atomic E-state index is 12.8. The van der Waals surface area contributed by atoms with Gasteiger partial charge in [-0.25, -0.2) is 13.1 Å². The average molecular weight is 354 g/mol. The van der Waals surface area contributed by atoms with Gasteiger partial charge < -0.3 is 9.64 Å². The lowest BCUT2D eigenvalue weighted by atomic mass is 9.96. The van der Waals surface area contributed by atoms with E-state index in [4.69, 9.17) is 4.74 Å². The Kier molecular flexibility index (Phi) is 5.67. The molecule has 1 atom stereocenters. The Morgan fingerprint density at radius 1 is 1.29 bits per heavy atom. The van der Waals surface area contributed by atoms with Gasteiger partial charge in [-0.05, 0) is 38.8 Å². The molecule has 1 fully saturated rings. The SMILES string of the molecule is COCCC1(NS(C)(=O)=O)CCN(C(=O)c2cc(C)cc(C)c2)C1. The van der Waals surface area contributed by atoms with Crippen molar-refractivity contribution >= 4 is 15.9 Å². The number of hydrogen-bond acceptors (Lipinski definition) is 4. The van der Waals surface area contributed by atoms with Crippen LogP contribution in [-0.4, -0.2) is 57.8 Å². The van der Waals surface area contributed by atoms with E-state index in [1.54, 1.807) is 12.0 Å². The summed E-state index contributed by atoms with van der Waals surface area (Å²) in [6, 6.07) is 5.76. The van der Waals surface area contributed by atoms with Crippen molar-refractivity contribution in [2.24, 2.45) is 0 Å². The first-order valence-corrected chi connectivity index (χ1v) is 9.89. The summed E-state index contributed by atoms with van der Waals surface area (Å²) >= 11 is 0. The number of nitrogens with one attached hydrogen (secondary N) is 1. The number of benzene rings is 1. The molecule has 1 amide bonds. The van der Waals surface area contributed by atoms with E-state index in [1.807, 2.05) is 32.0 Å². The number of sulfonamides is 1. The third kappa shape index (κ3) is 4.78. The van der Waals surface area contributed by atoms with Crippen molar-refractivity contribution in [2.45, 2.75) is 32.2 Å². The molecule has 24 heavy (non-hydrogen) atoms. The molecule has 1 aliphatic rings. The Morgan fingerprint density at radius 3 is 2.46 bits per heavy atom. The van der Waals surface area contributed by atoms with E-state index in [-0.39, 0.29) is 5.91 Å². The highest BCUT2D eigenvalue weighted by atomic mass is 32.2. The highest BCUT2D eigenvalue weighted by molar-refractivity contribution is 7.88. The summed E-state index contributed by atoms with van der Waals surface area (Å²) in [5.74, 6) is -0.0589. The first-order valence-electron chi connectivity index (χ1n) is 8.00. The largest absolute Gasteiger partial charge is 0.385 e. The number of carbonyl (C=O) groups is 1. The zero-order chi connectivity index (χ0) is 18.0. The highest BCUT2D eigenvalue weighted by Gasteiger charge is 2.41. The Balaban J connectivity index is 2.20. The first kappa shape index (κ1) is 18.9. The van der Waals surface area contributed by atoms with Gasteiger partial charge in [0.1, 0.15) is 0 Å². The summed E-state index contributed by atoms with van der Waals surface area (Å²) in [5, 5.41) is 0. The molecule has 0 bridgehead atoms. The van der Waals surface area contributed by atoms with E-state index >= 15 is 0 Å². The number of rotatable bonds is 6. The van der Waals surface area contributed by atoms with Gasteiger partial charge in [-0.1, -0.05) is 17.2 Å². The van der Waals surface area contributed by atoms with Crippen molar-refractivity contribution in [3.05, 3.63) is 34.9 Å². The fourth-order valence-electron chi connectivity index (χ4n) is 3.36. The molecule has 7 heteroatoms. The van der Waals surface area contributed by atoms with Gasteiger partial charge in [0, 0.05) is 32.4 Å². The molecular formula is C17H26N2O4S. The predicted octanol–water partition coefficient (Wildman–Crippen LogP) is 1.47. The fraction of sp³-hybridized carbons (Fsp3) is 0.588. The van der Waals surface area contributed by atoms with Crippen molar-refractivity contribution in [1.29, 1.82) is 0 Å². The smallest absolute Gasteiger partial charge is 0.253 e. The molecule has 0 aromatic heterocycles. The summed E-state index contributed by atoms with van der Waals surface area (Å²) in [5.41, 5.74) is 2.07. The van der Waals surface area contributed by atoms with Gasteiger partial charge in [0.05, 0.1) is 11.8 Å². The fourth-order valence-corrected chi connectivity index (χ4v) is 4.41. The summed E-state index contributed by atoms with van der Waals surface area (Å²) in [6.07, 6.45) is 2.27. The van der Waals surface area contributed by atoms with E-state index in [9.17, 15) is 13.2 Å². The van der Waals surface area contributed by atoms with Crippen molar-refractivity contribution in [3.63, 3.8) is 0 Å². The second-order valence-corrected chi connectivity index (χ2v) is 8.50. The van der Waals surface area contributed by atoms with Crippen LogP contribution in [0.25, 0.3) is 0 Å². The second kappa shape index (κ2) is 7.21. The quantitative estimate of drug-likeness (QED) is 0.839. The molecule has 0 spiro atoms. The van der Waals surface area contributed by atoms with Crippen molar-refractivity contribution in [1.82, 2.24) is 9.62 Å². The third-order valence-corrected chi connectivity index (χ3v) is 5.10. The Morgan fingerprint density at radius 2 is 1.92 bits per heavy atom. The lowest BCUT2D eigenvalue weighted by Crippen LogP contribution is -2.51. The van der Waals surface area contributed by atoms with Crippen LogP contribution in [0.5, 0.6) is 0 Å². The molecule has 1 unspecified atom stereocenters. The van der Waals surface area contributed by atoms with Crippen LogP contribution in [0.2, 0.25) is 0 Å². The second-order valence-electron chi connectivity index (χ2n) is 6.75. The molecule has 2 rings (SSSR count). The van der Waals surface area contributed by atoms with Crippen molar-refractivity contribution in [2.75, 3.05) is 33.1 Å². The normalized spacial score (nSPS) is 21.2. The number of hydrogen-bond donors (Lipinski definition) is 1. The maximum atomic E-state index is 12.8. The van der Waals surface area contributed by atoms with E-state index < -0.39 is 15.6 Å². The van der Waals surface area contributed by atoms with Gasteiger partial charge in [-0.2, -0.15) is 0 Å². The maximum Gasteiger partial charge on any atom is 0.253 e. The molecule has 134 valence electrons. The van der Waals surface area contributed by atoms with E-state index in [2.05, 4.69) is 4.72 Å². The van der Waals surface area contributed by atoms with Crippen LogP contribution in [0, 0.1) is 13.8 Å². The zero-order valence-corrected chi connectivity index (χ0v) is 15.6. The Bertz CT molecular complexity index is 697. The van der Waals surface area contributed by atoms with Gasteiger partial charge in [-0.3, -0.25) is 4.79 Å². The van der Waals surface area contributed by atoms with Gasteiger partial charge in [0.15, 0.2) is 0 Å². The number of nitrogens with zero attached hydrogens (tertiary/aromatic N) is 1. The molecule has 1 aromatic carbocycles. The number of methoxy groups -OCH3 is 1. The molecular weight excluding hydrogens is 328 g/mol. The zero-order valence-electron chi connectivity index (χ0n) is 14.8. The molecule has 6 nitrogen and oxygen atoms in total. The van der Waals surface area contributed by atoms with Crippen LogP contribution in [-0.2, 0) is 14.8 Å². The molecule has 0 aliphatic carbocycles. The number of ether oxygens (including phenoxy) is 1. The first-order chi connectivity index (χ1) is 11.1. The van der Waals surface area contributed by atoms with E-state index in [0.29, 0.717) is 38.1 Å². The van der Waals surface area contributed by atoms with Crippen LogP contribution >= 0.6 is 0 Å². The molecule has 1 N–H and O–H groups in total. The number of aryl methyl sites for hydroxylation is 2. The van der Waals surface area contributed by atoms with Crippen LogP contribution in [0.1, 0.15) is 34.3 Å². The minimum absolute atomic E-state index is 0.0589. The summed E-state index contributed by atoms with van der Waals surface area (Å²) < 4.78 is 31.3. The average Bonchev–Trinajstić information content (AvgIpc) is 2.85. The van der Waals surface area contributed by atoms with Crippen LogP contribution in [0.4, 0.5) is 0 Å². The van der Waals surface area contributed by atoms with Crippen molar-refractivity contribution < 1.29 is 17.9 Å². The molecule has 1 saturated heterocycles. The van der Waals surface area contributed by atoms with Gasteiger partial charge in [-0.15, -0.1) is 0 Å². The molecule has 0 saturated carbocycles. The Hall–Kier alpha value is -1.44. The molecule has 1 aromatic rings. The predicted molar refractivity (Wildman–Crippen MR) is 93.6 cm³/mol. The van der Waals surface area contributed by atoms with Crippen molar-refractivity contribution in [3.8, 4) is 0 Å². The lowest BCUT2D eigenvalue weighted by Gasteiger charge is -2.29. The standard InChI is InChI=1S/C17H26N2O4S/c1-13-9-14(2)11-15(10-13)16(20)19-7-5-17(12-19,6-8-23-3)18-24(4,21)22/h9-11,18H,5-8,12H2,1-4H3. The van der Waals surface area contributed by atoms with E-state index in [1.165, 1.54) is 0 Å². The molecule has 0 radical (unpaired) electrons. The van der Waals surface area contributed by atoms with Gasteiger partial charge in [0.25, 0.3) is 5.91 Å². The van der Waals surface area contributed by atoms with Gasteiger partial charge >= 0.3 is 0 Å². The highest BCUT2D eigenvalue weighted by Crippen LogP contribution is 2.27. The van der Waals surface area contributed by atoms with Crippen LogP contribution in [0.3, 0.4) is 0 Å². The van der Waals surface area contributed by atoms with Crippen LogP contribution in [0.15, 0.2) is 18.2 Å². The Labute approximate surface area is 144 Å². The summed E-state index contributed by atoms with van der Waals surface area (Å²) in [7, 11) is -1.78.